The maximum absolute atomic E-state index is 13.2. The highest BCUT2D eigenvalue weighted by Crippen LogP contribution is 2.24. The molecule has 0 saturated carbocycles. The zero-order valence-corrected chi connectivity index (χ0v) is 14.5. The van der Waals surface area contributed by atoms with Crippen molar-refractivity contribution in [2.75, 3.05) is 32.7 Å². The molecular formula is C14H23ClF3N5O. The molecule has 1 aliphatic heterocycles. The van der Waals surface area contributed by atoms with E-state index in [4.69, 9.17) is 0 Å². The van der Waals surface area contributed by atoms with E-state index in [1.54, 1.807) is 10.9 Å². The molecule has 6 nitrogen and oxygen atoms in total. The second-order valence-electron chi connectivity index (χ2n) is 5.83. The maximum Gasteiger partial charge on any atom is 0.405 e. The van der Waals surface area contributed by atoms with Gasteiger partial charge >= 0.3 is 6.18 Å². The molecule has 0 aromatic carbocycles. The number of rotatable bonds is 5. The van der Waals surface area contributed by atoms with E-state index in [2.05, 4.69) is 15.7 Å². The molecule has 10 heteroatoms. The Kier molecular flexibility index (Phi) is 7.50. The second kappa shape index (κ2) is 8.68. The molecule has 138 valence electrons. The van der Waals surface area contributed by atoms with Crippen LogP contribution in [0.25, 0.3) is 0 Å². The first-order valence-electron chi connectivity index (χ1n) is 7.64. The fraction of sp³-hybridized carbons (Fsp3) is 0.714. The van der Waals surface area contributed by atoms with E-state index >= 15 is 0 Å². The molecule has 1 aromatic heterocycles. The SMILES string of the molecule is CC(C)n1ccc(C(=O)NCC(N2CCNCC2)C(F)(F)F)n1.Cl. The molecule has 0 aliphatic carbocycles. The van der Waals surface area contributed by atoms with E-state index in [0.717, 1.165) is 0 Å². The summed E-state index contributed by atoms with van der Waals surface area (Å²) in [6.07, 6.45) is -2.75. The number of hydrogen-bond acceptors (Lipinski definition) is 4. The van der Waals surface area contributed by atoms with Gasteiger partial charge in [0, 0.05) is 45.0 Å². The Morgan fingerprint density at radius 2 is 2.00 bits per heavy atom. The van der Waals surface area contributed by atoms with Crippen LogP contribution in [0.4, 0.5) is 13.2 Å². The van der Waals surface area contributed by atoms with Crippen LogP contribution in [0.3, 0.4) is 0 Å². The van der Waals surface area contributed by atoms with Crippen LogP contribution in [-0.4, -0.2) is 65.5 Å². The highest BCUT2D eigenvalue weighted by molar-refractivity contribution is 5.92. The third-order valence-corrected chi connectivity index (χ3v) is 3.80. The van der Waals surface area contributed by atoms with E-state index in [-0.39, 0.29) is 24.1 Å². The lowest BCUT2D eigenvalue weighted by Gasteiger charge is -2.35. The zero-order valence-electron chi connectivity index (χ0n) is 13.6. The van der Waals surface area contributed by atoms with Crippen LogP contribution in [0.2, 0.25) is 0 Å². The summed E-state index contributed by atoms with van der Waals surface area (Å²) in [5, 5.41) is 9.44. The van der Waals surface area contributed by atoms with E-state index < -0.39 is 24.7 Å². The number of amides is 1. The predicted molar refractivity (Wildman–Crippen MR) is 86.5 cm³/mol. The topological polar surface area (TPSA) is 62.2 Å². The summed E-state index contributed by atoms with van der Waals surface area (Å²) in [4.78, 5) is 13.4. The summed E-state index contributed by atoms with van der Waals surface area (Å²) in [5.41, 5.74) is 0.125. The van der Waals surface area contributed by atoms with Gasteiger partial charge in [0.05, 0.1) is 0 Å². The standard InChI is InChI=1S/C14H22F3N5O.ClH/c1-10(2)22-6-3-11(20-22)13(23)19-9-12(14(15,16)17)21-7-4-18-5-8-21;/h3,6,10,12,18H,4-5,7-9H2,1-2H3,(H,19,23);1H. The third-order valence-electron chi connectivity index (χ3n) is 3.80. The van der Waals surface area contributed by atoms with Gasteiger partial charge in [-0.3, -0.25) is 14.4 Å². The van der Waals surface area contributed by atoms with E-state index in [1.165, 1.54) is 11.0 Å². The molecule has 1 atom stereocenters. The molecule has 1 aromatic rings. The minimum absolute atomic E-state index is 0. The van der Waals surface area contributed by atoms with Gasteiger partial charge in [-0.05, 0) is 19.9 Å². The van der Waals surface area contributed by atoms with Gasteiger partial charge in [0.1, 0.15) is 11.7 Å². The highest BCUT2D eigenvalue weighted by Gasteiger charge is 2.43. The Balaban J connectivity index is 0.00000288. The molecule has 0 radical (unpaired) electrons. The summed E-state index contributed by atoms with van der Waals surface area (Å²) < 4.78 is 41.3. The van der Waals surface area contributed by atoms with Crippen molar-refractivity contribution in [3.8, 4) is 0 Å². The highest BCUT2D eigenvalue weighted by atomic mass is 35.5. The van der Waals surface area contributed by atoms with Gasteiger partial charge in [-0.15, -0.1) is 12.4 Å². The van der Waals surface area contributed by atoms with Crippen LogP contribution in [0.5, 0.6) is 0 Å². The molecule has 0 bridgehead atoms. The third kappa shape index (κ3) is 5.35. The average Bonchev–Trinajstić information content (AvgIpc) is 2.97. The van der Waals surface area contributed by atoms with Crippen molar-refractivity contribution in [1.82, 2.24) is 25.3 Å². The molecule has 1 amide bonds. The van der Waals surface area contributed by atoms with E-state index in [1.807, 2.05) is 13.8 Å². The van der Waals surface area contributed by atoms with Crippen molar-refractivity contribution in [2.45, 2.75) is 32.1 Å². The monoisotopic (exact) mass is 369 g/mol. The summed E-state index contributed by atoms with van der Waals surface area (Å²) in [6.45, 7) is 4.97. The van der Waals surface area contributed by atoms with Crippen molar-refractivity contribution in [2.24, 2.45) is 0 Å². The maximum atomic E-state index is 13.2. The molecule has 2 rings (SSSR count). The van der Waals surface area contributed by atoms with Crippen molar-refractivity contribution in [1.29, 1.82) is 0 Å². The van der Waals surface area contributed by atoms with Gasteiger partial charge in [0.2, 0.25) is 0 Å². The lowest BCUT2D eigenvalue weighted by Crippen LogP contribution is -2.57. The molecule has 24 heavy (non-hydrogen) atoms. The lowest BCUT2D eigenvalue weighted by molar-refractivity contribution is -0.183. The number of halogens is 4. The Bertz CT molecular complexity index is 529. The largest absolute Gasteiger partial charge is 0.405 e. The molecule has 2 heterocycles. The second-order valence-corrected chi connectivity index (χ2v) is 5.83. The van der Waals surface area contributed by atoms with Crippen molar-refractivity contribution < 1.29 is 18.0 Å². The van der Waals surface area contributed by atoms with E-state index in [0.29, 0.717) is 26.2 Å². The van der Waals surface area contributed by atoms with Gasteiger partial charge in [-0.25, -0.2) is 0 Å². The summed E-state index contributed by atoms with van der Waals surface area (Å²) in [5.74, 6) is -0.589. The number of hydrogen-bond donors (Lipinski definition) is 2. The number of aromatic nitrogens is 2. The first-order chi connectivity index (χ1) is 10.8. The van der Waals surface area contributed by atoms with Crippen LogP contribution < -0.4 is 10.6 Å². The Morgan fingerprint density at radius 1 is 1.38 bits per heavy atom. The van der Waals surface area contributed by atoms with Gasteiger partial charge in [-0.1, -0.05) is 0 Å². The average molecular weight is 370 g/mol. The number of carbonyl (C=O) groups excluding carboxylic acids is 1. The quantitative estimate of drug-likeness (QED) is 0.824. The van der Waals surface area contributed by atoms with Gasteiger partial charge < -0.3 is 10.6 Å². The molecule has 1 fully saturated rings. The number of carbonyl (C=O) groups is 1. The molecule has 1 saturated heterocycles. The molecule has 1 aliphatic rings. The zero-order chi connectivity index (χ0) is 17.0. The van der Waals surface area contributed by atoms with Crippen LogP contribution in [-0.2, 0) is 0 Å². The molecule has 2 N–H and O–H groups in total. The van der Waals surface area contributed by atoms with Crippen LogP contribution in [0, 0.1) is 0 Å². The first-order valence-corrected chi connectivity index (χ1v) is 7.64. The summed E-state index contributed by atoms with van der Waals surface area (Å²) in [7, 11) is 0. The van der Waals surface area contributed by atoms with Crippen molar-refractivity contribution >= 4 is 18.3 Å². The minimum Gasteiger partial charge on any atom is -0.349 e. The summed E-state index contributed by atoms with van der Waals surface area (Å²) >= 11 is 0. The number of alkyl halides is 3. The first kappa shape index (κ1) is 20.7. The number of nitrogens with zero attached hydrogens (tertiary/aromatic N) is 3. The van der Waals surface area contributed by atoms with Gasteiger partial charge in [-0.2, -0.15) is 18.3 Å². The van der Waals surface area contributed by atoms with E-state index in [9.17, 15) is 18.0 Å². The molecule has 1 unspecified atom stereocenters. The molecule has 0 spiro atoms. The minimum atomic E-state index is -4.39. The Hall–Kier alpha value is -1.32. The summed E-state index contributed by atoms with van der Waals surface area (Å²) in [6, 6.07) is -0.0935. The van der Waals surface area contributed by atoms with Gasteiger partial charge in [0.25, 0.3) is 5.91 Å². The smallest absolute Gasteiger partial charge is 0.349 e. The number of nitrogens with one attached hydrogen (secondary N) is 2. The lowest BCUT2D eigenvalue weighted by atomic mass is 10.2. The fourth-order valence-electron chi connectivity index (χ4n) is 2.47. The fourth-order valence-corrected chi connectivity index (χ4v) is 2.47. The van der Waals surface area contributed by atoms with Crippen molar-refractivity contribution in [3.05, 3.63) is 18.0 Å². The van der Waals surface area contributed by atoms with Crippen LogP contribution in [0.1, 0.15) is 30.4 Å². The number of piperazine rings is 1. The van der Waals surface area contributed by atoms with Crippen LogP contribution >= 0.6 is 12.4 Å². The van der Waals surface area contributed by atoms with Crippen molar-refractivity contribution in [3.63, 3.8) is 0 Å². The normalized spacial score (nSPS) is 17.4. The molecular weight excluding hydrogens is 347 g/mol. The Labute approximate surface area is 145 Å². The predicted octanol–water partition coefficient (Wildman–Crippen LogP) is 1.45. The van der Waals surface area contributed by atoms with Crippen LogP contribution in [0.15, 0.2) is 12.3 Å². The Morgan fingerprint density at radius 3 is 2.50 bits per heavy atom. The van der Waals surface area contributed by atoms with Gasteiger partial charge in [0.15, 0.2) is 0 Å².